The first kappa shape index (κ1) is 14.3. The van der Waals surface area contributed by atoms with Gasteiger partial charge in [-0.1, -0.05) is 0 Å². The van der Waals surface area contributed by atoms with Crippen molar-refractivity contribution in [2.24, 2.45) is 0 Å². The van der Waals surface area contributed by atoms with Crippen molar-refractivity contribution < 1.29 is 20.3 Å². The van der Waals surface area contributed by atoms with Crippen LogP contribution >= 0.6 is 0 Å². The molecular formula is C19H24Zr. The van der Waals surface area contributed by atoms with E-state index in [4.69, 9.17) is 0 Å². The zero-order valence-corrected chi connectivity index (χ0v) is 15.7. The monoisotopic (exact) mass is 342 g/mol. The second-order valence-electron chi connectivity index (χ2n) is 7.08. The second kappa shape index (κ2) is 4.67. The first-order valence-corrected chi connectivity index (χ1v) is 14.9. The Morgan fingerprint density at radius 1 is 1.10 bits per heavy atom. The van der Waals surface area contributed by atoms with Crippen LogP contribution in [0.3, 0.4) is 0 Å². The Balaban J connectivity index is 2.06. The van der Waals surface area contributed by atoms with E-state index in [1.807, 2.05) is 0 Å². The normalized spacial score (nSPS) is 23.1. The number of allylic oxidation sites excluding steroid dienone is 5. The summed E-state index contributed by atoms with van der Waals surface area (Å²) in [4.78, 5) is 0. The van der Waals surface area contributed by atoms with Gasteiger partial charge >= 0.3 is 128 Å². The predicted octanol–water partition coefficient (Wildman–Crippen LogP) is 6.01. The minimum atomic E-state index is -2.41. The number of rotatable bonds is 2. The van der Waals surface area contributed by atoms with Crippen LogP contribution in [0.4, 0.5) is 0 Å². The maximum absolute atomic E-state index is 2.59. The van der Waals surface area contributed by atoms with Crippen molar-refractivity contribution >= 4 is 6.08 Å². The van der Waals surface area contributed by atoms with Crippen LogP contribution in [0.25, 0.3) is 6.08 Å². The Labute approximate surface area is 127 Å². The number of fused-ring (bicyclic) bond motifs is 1. The van der Waals surface area contributed by atoms with Gasteiger partial charge in [-0.3, -0.25) is 0 Å². The molecule has 0 aliphatic heterocycles. The van der Waals surface area contributed by atoms with E-state index in [9.17, 15) is 0 Å². The molecule has 0 bridgehead atoms. The molecule has 3 rings (SSSR count). The number of hydrogen-bond donors (Lipinski definition) is 0. The summed E-state index contributed by atoms with van der Waals surface area (Å²) in [6.07, 6.45) is 11.9. The van der Waals surface area contributed by atoms with E-state index >= 15 is 0 Å². The quantitative estimate of drug-likeness (QED) is 0.617. The minimum absolute atomic E-state index is 0.325. The van der Waals surface area contributed by atoms with Crippen molar-refractivity contribution in [1.29, 1.82) is 0 Å². The van der Waals surface area contributed by atoms with Crippen LogP contribution in [-0.4, -0.2) is 0 Å². The summed E-state index contributed by atoms with van der Waals surface area (Å²) < 4.78 is 7.27. The molecule has 1 aromatic rings. The van der Waals surface area contributed by atoms with Gasteiger partial charge in [0.25, 0.3) is 0 Å². The summed E-state index contributed by atoms with van der Waals surface area (Å²) in [5.74, 6) is 0.607. The summed E-state index contributed by atoms with van der Waals surface area (Å²) in [6.45, 7) is 7.03. The van der Waals surface area contributed by atoms with E-state index < -0.39 is 20.3 Å². The maximum atomic E-state index is 2.59. The average molecular weight is 344 g/mol. The van der Waals surface area contributed by atoms with Gasteiger partial charge in [-0.25, -0.2) is 0 Å². The Morgan fingerprint density at radius 3 is 2.40 bits per heavy atom. The Kier molecular flexibility index (Phi) is 3.33. The van der Waals surface area contributed by atoms with Crippen molar-refractivity contribution in [2.75, 3.05) is 0 Å². The molecule has 0 amide bonds. The molecule has 1 heteroatoms. The standard InChI is InChI=1S/C11H11.C6H7.2CH3.Zr/c1-8-3-6-11-9(2)4-5-10(11)7-8;1-6-4-2-3-5-6;;;/h3,5-7,9H,1-2H3;2-5H,1H3;2*1H3;. The third kappa shape index (κ3) is 1.98. The molecule has 0 heterocycles. The molecule has 20 heavy (non-hydrogen) atoms. The van der Waals surface area contributed by atoms with Gasteiger partial charge < -0.3 is 0 Å². The van der Waals surface area contributed by atoms with E-state index in [-0.39, 0.29) is 0 Å². The Morgan fingerprint density at radius 2 is 1.75 bits per heavy atom. The van der Waals surface area contributed by atoms with Gasteiger partial charge in [-0.05, 0) is 0 Å². The molecule has 2 aliphatic rings. The molecule has 0 nitrogen and oxygen atoms in total. The molecule has 2 aliphatic carbocycles. The second-order valence-corrected chi connectivity index (χ2v) is 19.1. The molecule has 0 N–H and O–H groups in total. The molecular weight excluding hydrogens is 319 g/mol. The van der Waals surface area contributed by atoms with Gasteiger partial charge in [-0.15, -0.1) is 0 Å². The summed E-state index contributed by atoms with van der Waals surface area (Å²) in [5.41, 5.74) is 4.37. The van der Waals surface area contributed by atoms with Crippen LogP contribution in [-0.2, 0) is 20.3 Å². The predicted molar refractivity (Wildman–Crippen MR) is 85.9 cm³/mol. The third-order valence-electron chi connectivity index (χ3n) is 5.55. The van der Waals surface area contributed by atoms with E-state index in [2.05, 4.69) is 78.6 Å². The molecule has 0 saturated heterocycles. The van der Waals surface area contributed by atoms with Crippen LogP contribution in [0.15, 0.2) is 45.8 Å². The molecule has 1 aromatic carbocycles. The van der Waals surface area contributed by atoms with Crippen LogP contribution in [0, 0.1) is 6.92 Å². The number of aryl methyl sites for hydroxylation is 1. The zero-order valence-electron chi connectivity index (χ0n) is 13.2. The third-order valence-corrected chi connectivity index (χ3v) is 18.0. The molecule has 1 unspecified atom stereocenters. The topological polar surface area (TPSA) is 0 Å². The van der Waals surface area contributed by atoms with Gasteiger partial charge in [-0.2, -0.15) is 0 Å². The molecule has 0 radical (unpaired) electrons. The molecule has 0 saturated carbocycles. The molecule has 1 atom stereocenters. The van der Waals surface area contributed by atoms with Crippen molar-refractivity contribution in [2.45, 2.75) is 39.1 Å². The molecule has 104 valence electrons. The van der Waals surface area contributed by atoms with Gasteiger partial charge in [0.15, 0.2) is 0 Å². The first-order valence-electron chi connectivity index (χ1n) is 7.55. The van der Waals surface area contributed by atoms with Gasteiger partial charge in [0, 0.05) is 0 Å². The summed E-state index contributed by atoms with van der Waals surface area (Å²) >= 11 is -2.41. The fourth-order valence-corrected chi connectivity index (χ4v) is 12.1. The van der Waals surface area contributed by atoms with Crippen LogP contribution in [0.1, 0.15) is 36.5 Å². The number of benzene rings is 1. The van der Waals surface area contributed by atoms with Crippen molar-refractivity contribution in [3.63, 3.8) is 0 Å². The van der Waals surface area contributed by atoms with Gasteiger partial charge in [0.2, 0.25) is 0 Å². The summed E-state index contributed by atoms with van der Waals surface area (Å²) in [7, 11) is 0. The van der Waals surface area contributed by atoms with Gasteiger partial charge in [0.05, 0.1) is 0 Å². The van der Waals surface area contributed by atoms with E-state index in [0.29, 0.717) is 9.04 Å². The molecule has 0 fully saturated rings. The Hall–Kier alpha value is -0.677. The van der Waals surface area contributed by atoms with Gasteiger partial charge in [0.1, 0.15) is 0 Å². The van der Waals surface area contributed by atoms with E-state index in [1.165, 1.54) is 16.7 Å². The van der Waals surface area contributed by atoms with Crippen LogP contribution in [0.5, 0.6) is 0 Å². The van der Waals surface area contributed by atoms with Crippen molar-refractivity contribution in [1.82, 2.24) is 0 Å². The fourth-order valence-electron chi connectivity index (χ4n) is 3.69. The zero-order chi connectivity index (χ0) is 14.5. The summed E-state index contributed by atoms with van der Waals surface area (Å²) in [6, 6.07) is 6.94. The van der Waals surface area contributed by atoms with E-state index in [1.54, 1.807) is 3.28 Å². The SMILES string of the molecule is Cc1ccc2c(c1)C=[C]([Zr]([CH3])([CH3])[C]1(C)C=CC=C1)C2C. The number of hydrogen-bond acceptors (Lipinski definition) is 0. The Bertz CT molecular complexity index is 632. The summed E-state index contributed by atoms with van der Waals surface area (Å²) in [5, 5.41) is 0. The molecule has 0 spiro atoms. The van der Waals surface area contributed by atoms with E-state index in [0.717, 1.165) is 0 Å². The van der Waals surface area contributed by atoms with Crippen LogP contribution < -0.4 is 0 Å². The van der Waals surface area contributed by atoms with Crippen LogP contribution in [0.2, 0.25) is 12.4 Å². The molecule has 0 aromatic heterocycles. The van der Waals surface area contributed by atoms with Crippen molar-refractivity contribution in [3.8, 4) is 0 Å². The first-order chi connectivity index (χ1) is 9.35. The van der Waals surface area contributed by atoms with Crippen molar-refractivity contribution in [3.05, 3.63) is 62.5 Å². The average Bonchev–Trinajstić information content (AvgIpc) is 2.95. The fraction of sp³-hybridized carbons (Fsp3) is 0.368.